The average molecular weight is 293 g/mol. The molecule has 1 N–H and O–H groups in total. The molecule has 5 heteroatoms. The van der Waals surface area contributed by atoms with E-state index in [-0.39, 0.29) is 0 Å². The van der Waals surface area contributed by atoms with Crippen LogP contribution in [0.4, 0.5) is 5.95 Å². The van der Waals surface area contributed by atoms with Crippen LogP contribution in [0.5, 0.6) is 0 Å². The van der Waals surface area contributed by atoms with Gasteiger partial charge in [0.2, 0.25) is 5.95 Å². The van der Waals surface area contributed by atoms with Crippen LogP contribution in [0.25, 0.3) is 10.9 Å². The zero-order valence-electron chi connectivity index (χ0n) is 12.4. The van der Waals surface area contributed by atoms with E-state index in [0.717, 1.165) is 38.7 Å². The highest BCUT2D eigenvalue weighted by Gasteiger charge is 2.19. The molecule has 0 saturated carbocycles. The zero-order valence-corrected chi connectivity index (χ0v) is 12.4. The molecule has 5 nitrogen and oxygen atoms in total. The van der Waals surface area contributed by atoms with E-state index in [4.69, 9.17) is 0 Å². The van der Waals surface area contributed by atoms with E-state index >= 15 is 0 Å². The van der Waals surface area contributed by atoms with E-state index in [1.54, 1.807) is 12.4 Å². The highest BCUT2D eigenvalue weighted by atomic mass is 15.3. The van der Waals surface area contributed by atoms with Crippen molar-refractivity contribution in [2.24, 2.45) is 0 Å². The maximum absolute atomic E-state index is 4.33. The Balaban J connectivity index is 1.39. The molecule has 1 aliphatic rings. The summed E-state index contributed by atoms with van der Waals surface area (Å²) in [5.41, 5.74) is 2.50. The first-order valence-corrected chi connectivity index (χ1v) is 7.69. The first-order valence-electron chi connectivity index (χ1n) is 7.69. The van der Waals surface area contributed by atoms with Crippen LogP contribution in [0.1, 0.15) is 5.69 Å². The normalized spacial score (nSPS) is 16.3. The third kappa shape index (κ3) is 2.67. The van der Waals surface area contributed by atoms with E-state index in [1.165, 1.54) is 16.6 Å². The molecule has 0 atom stereocenters. The van der Waals surface area contributed by atoms with Crippen molar-refractivity contribution in [2.45, 2.75) is 6.54 Å². The number of hydrogen-bond acceptors (Lipinski definition) is 4. The number of benzene rings is 1. The van der Waals surface area contributed by atoms with Crippen molar-refractivity contribution in [3.8, 4) is 0 Å². The molecule has 0 spiro atoms. The lowest BCUT2D eigenvalue weighted by Gasteiger charge is -2.34. The number of rotatable bonds is 3. The van der Waals surface area contributed by atoms with Gasteiger partial charge < -0.3 is 9.88 Å². The molecule has 1 aliphatic heterocycles. The van der Waals surface area contributed by atoms with Crippen LogP contribution in [0.3, 0.4) is 0 Å². The first-order chi connectivity index (χ1) is 10.9. The molecular formula is C17H19N5. The fraction of sp³-hybridized carbons (Fsp3) is 0.294. The Morgan fingerprint density at radius 3 is 2.50 bits per heavy atom. The summed E-state index contributed by atoms with van der Waals surface area (Å²) in [5, 5.41) is 1.29. The summed E-state index contributed by atoms with van der Waals surface area (Å²) in [7, 11) is 0. The van der Waals surface area contributed by atoms with Crippen LogP contribution in [-0.4, -0.2) is 46.0 Å². The molecule has 1 aromatic carbocycles. The van der Waals surface area contributed by atoms with Gasteiger partial charge in [-0.25, -0.2) is 9.97 Å². The van der Waals surface area contributed by atoms with Gasteiger partial charge in [-0.15, -0.1) is 0 Å². The van der Waals surface area contributed by atoms with Gasteiger partial charge in [0.15, 0.2) is 0 Å². The Morgan fingerprint density at radius 1 is 0.955 bits per heavy atom. The second kappa shape index (κ2) is 5.77. The molecule has 0 unspecified atom stereocenters. The molecule has 1 fully saturated rings. The largest absolute Gasteiger partial charge is 0.357 e. The van der Waals surface area contributed by atoms with Crippen LogP contribution in [0.15, 0.2) is 48.8 Å². The lowest BCUT2D eigenvalue weighted by molar-refractivity contribution is 0.246. The maximum Gasteiger partial charge on any atom is 0.225 e. The Kier molecular flexibility index (Phi) is 3.48. The number of para-hydroxylation sites is 1. The Bertz CT molecular complexity index is 711. The van der Waals surface area contributed by atoms with E-state index in [1.807, 2.05) is 6.07 Å². The van der Waals surface area contributed by atoms with E-state index in [2.05, 4.69) is 55.1 Å². The monoisotopic (exact) mass is 293 g/mol. The summed E-state index contributed by atoms with van der Waals surface area (Å²) >= 11 is 0. The van der Waals surface area contributed by atoms with E-state index in [0.29, 0.717) is 0 Å². The number of anilines is 1. The van der Waals surface area contributed by atoms with Gasteiger partial charge in [0.1, 0.15) is 0 Å². The van der Waals surface area contributed by atoms with Gasteiger partial charge in [-0.1, -0.05) is 18.2 Å². The average Bonchev–Trinajstić information content (AvgIpc) is 2.98. The number of aromatic amines is 1. The van der Waals surface area contributed by atoms with E-state index < -0.39 is 0 Å². The summed E-state index contributed by atoms with van der Waals surface area (Å²) in [5.74, 6) is 0.841. The third-order valence-electron chi connectivity index (χ3n) is 4.19. The summed E-state index contributed by atoms with van der Waals surface area (Å²) < 4.78 is 0. The van der Waals surface area contributed by atoms with Crippen LogP contribution >= 0.6 is 0 Å². The number of piperazine rings is 1. The maximum atomic E-state index is 4.33. The zero-order chi connectivity index (χ0) is 14.8. The number of nitrogens with zero attached hydrogens (tertiary/aromatic N) is 4. The minimum Gasteiger partial charge on any atom is -0.357 e. The van der Waals surface area contributed by atoms with Gasteiger partial charge in [0.25, 0.3) is 0 Å². The van der Waals surface area contributed by atoms with Crippen molar-refractivity contribution >= 4 is 16.9 Å². The van der Waals surface area contributed by atoms with Crippen molar-refractivity contribution < 1.29 is 0 Å². The van der Waals surface area contributed by atoms with Crippen molar-refractivity contribution in [1.82, 2.24) is 19.9 Å². The molecule has 3 aromatic rings. The molecule has 0 aliphatic carbocycles. The Morgan fingerprint density at radius 2 is 1.73 bits per heavy atom. The van der Waals surface area contributed by atoms with E-state index in [9.17, 15) is 0 Å². The molecular weight excluding hydrogens is 274 g/mol. The molecule has 1 saturated heterocycles. The van der Waals surface area contributed by atoms with Gasteiger partial charge in [-0.2, -0.15) is 0 Å². The summed E-state index contributed by atoms with van der Waals surface area (Å²) in [4.78, 5) is 16.9. The lowest BCUT2D eigenvalue weighted by atomic mass is 10.2. The van der Waals surface area contributed by atoms with Gasteiger partial charge in [0, 0.05) is 56.3 Å². The number of H-pyrrole nitrogens is 1. The first kappa shape index (κ1) is 13.3. The lowest BCUT2D eigenvalue weighted by Crippen LogP contribution is -2.46. The third-order valence-corrected chi connectivity index (χ3v) is 4.19. The molecule has 0 amide bonds. The number of aromatic nitrogens is 3. The molecule has 4 rings (SSSR count). The predicted molar refractivity (Wildman–Crippen MR) is 87.8 cm³/mol. The van der Waals surface area contributed by atoms with Gasteiger partial charge in [0.05, 0.1) is 0 Å². The molecule has 2 aromatic heterocycles. The van der Waals surface area contributed by atoms with Crippen molar-refractivity contribution in [2.75, 3.05) is 31.1 Å². The van der Waals surface area contributed by atoms with Crippen LogP contribution in [-0.2, 0) is 6.54 Å². The minimum absolute atomic E-state index is 0.841. The Labute approximate surface area is 129 Å². The van der Waals surface area contributed by atoms with Crippen molar-refractivity contribution in [1.29, 1.82) is 0 Å². The minimum atomic E-state index is 0.841. The fourth-order valence-electron chi connectivity index (χ4n) is 3.02. The van der Waals surface area contributed by atoms with Crippen LogP contribution in [0, 0.1) is 0 Å². The Hall–Kier alpha value is -2.40. The number of nitrogens with one attached hydrogen (secondary N) is 1. The van der Waals surface area contributed by atoms with Gasteiger partial charge in [-0.3, -0.25) is 4.90 Å². The van der Waals surface area contributed by atoms with Gasteiger partial charge in [-0.05, 0) is 23.6 Å². The van der Waals surface area contributed by atoms with Crippen molar-refractivity contribution in [3.05, 3.63) is 54.5 Å². The number of fused-ring (bicyclic) bond motifs is 1. The second-order valence-electron chi connectivity index (χ2n) is 5.69. The topological polar surface area (TPSA) is 48.1 Å². The second-order valence-corrected chi connectivity index (χ2v) is 5.69. The molecule has 0 radical (unpaired) electrons. The predicted octanol–water partition coefficient (Wildman–Crippen LogP) is 2.28. The fourth-order valence-corrected chi connectivity index (χ4v) is 3.02. The van der Waals surface area contributed by atoms with Crippen LogP contribution in [0.2, 0.25) is 0 Å². The molecule has 3 heterocycles. The molecule has 0 bridgehead atoms. The smallest absolute Gasteiger partial charge is 0.225 e. The highest BCUT2D eigenvalue weighted by molar-refractivity contribution is 5.80. The summed E-state index contributed by atoms with van der Waals surface area (Å²) in [6.45, 7) is 4.99. The quantitative estimate of drug-likeness (QED) is 0.805. The van der Waals surface area contributed by atoms with Crippen LogP contribution < -0.4 is 4.90 Å². The molecule has 112 valence electrons. The summed E-state index contributed by atoms with van der Waals surface area (Å²) in [6.07, 6.45) is 3.61. The highest BCUT2D eigenvalue weighted by Crippen LogP contribution is 2.17. The number of hydrogen-bond donors (Lipinski definition) is 1. The summed E-state index contributed by atoms with van der Waals surface area (Å²) in [6, 6.07) is 12.5. The SMILES string of the molecule is c1cnc(N2CCN(Cc3cc4ccccc4[nH]3)CC2)nc1. The molecule has 22 heavy (non-hydrogen) atoms. The standard InChI is InChI=1S/C17H19N5/c1-2-5-16-14(4-1)12-15(20-16)13-21-8-10-22(11-9-21)17-18-6-3-7-19-17/h1-7,12,20H,8-11,13H2. The van der Waals surface area contributed by atoms with Crippen molar-refractivity contribution in [3.63, 3.8) is 0 Å². The van der Waals surface area contributed by atoms with Gasteiger partial charge >= 0.3 is 0 Å².